The molecule has 0 aliphatic heterocycles. The van der Waals surface area contributed by atoms with Gasteiger partial charge >= 0.3 is 0 Å². The van der Waals surface area contributed by atoms with Gasteiger partial charge in [-0.3, -0.25) is 20.0 Å². The summed E-state index contributed by atoms with van der Waals surface area (Å²) in [7, 11) is 0. The molecule has 3 aromatic rings. The smallest absolute Gasteiger partial charge is 0.285 e. The quantitative estimate of drug-likeness (QED) is 0.587. The minimum Gasteiger partial charge on any atom is -0.294 e. The summed E-state index contributed by atoms with van der Waals surface area (Å²) in [5.41, 5.74) is 1.12. The highest BCUT2D eigenvalue weighted by molar-refractivity contribution is 7.99. The zero-order valence-corrected chi connectivity index (χ0v) is 13.0. The molecule has 2 aromatic carbocycles. The minimum absolute atomic E-state index is 0.0102. The van der Waals surface area contributed by atoms with Crippen LogP contribution in [0.1, 0.15) is 5.69 Å². The maximum Gasteiger partial charge on any atom is 0.285 e. The molecule has 0 unspecified atom stereocenters. The molecule has 1 aromatic heterocycles. The first-order valence-corrected chi connectivity index (χ1v) is 7.67. The number of hydrogen-bond acceptors (Lipinski definition) is 4. The van der Waals surface area contributed by atoms with E-state index in [1.807, 2.05) is 37.3 Å². The number of aromatic amines is 1. The van der Waals surface area contributed by atoms with Gasteiger partial charge in [0.1, 0.15) is 0 Å². The van der Waals surface area contributed by atoms with E-state index in [2.05, 4.69) is 5.10 Å². The van der Waals surface area contributed by atoms with E-state index in [0.717, 1.165) is 10.6 Å². The monoisotopic (exact) mass is 327 g/mol. The van der Waals surface area contributed by atoms with E-state index in [9.17, 15) is 14.9 Å². The molecule has 3 rings (SSSR count). The fourth-order valence-corrected chi connectivity index (χ4v) is 3.07. The number of rotatable bonds is 4. The van der Waals surface area contributed by atoms with Crippen LogP contribution in [0.25, 0.3) is 5.69 Å². The Balaban J connectivity index is 1.97. The summed E-state index contributed by atoms with van der Waals surface area (Å²) < 4.78 is 1.39. The van der Waals surface area contributed by atoms with Crippen LogP contribution in [0, 0.1) is 17.0 Å². The van der Waals surface area contributed by atoms with Crippen molar-refractivity contribution in [1.29, 1.82) is 0 Å². The Bertz CT molecular complexity index is 899. The second-order valence-electron chi connectivity index (χ2n) is 4.90. The third-order valence-electron chi connectivity index (χ3n) is 3.30. The van der Waals surface area contributed by atoms with Gasteiger partial charge in [0.15, 0.2) is 0 Å². The molecule has 0 radical (unpaired) electrons. The molecule has 0 saturated heterocycles. The molecular weight excluding hydrogens is 314 g/mol. The Kier molecular flexibility index (Phi) is 4.03. The van der Waals surface area contributed by atoms with E-state index in [4.69, 9.17) is 0 Å². The van der Waals surface area contributed by atoms with E-state index < -0.39 is 4.92 Å². The van der Waals surface area contributed by atoms with E-state index >= 15 is 0 Å². The van der Waals surface area contributed by atoms with Crippen molar-refractivity contribution in [3.8, 4) is 5.69 Å². The average Bonchev–Trinajstić information content (AvgIpc) is 2.84. The normalized spacial score (nSPS) is 10.7. The van der Waals surface area contributed by atoms with Gasteiger partial charge in [0, 0.05) is 22.7 Å². The number of hydrogen-bond donors (Lipinski definition) is 1. The van der Waals surface area contributed by atoms with Gasteiger partial charge in [0.05, 0.1) is 15.5 Å². The molecule has 6 nitrogen and oxygen atoms in total. The summed E-state index contributed by atoms with van der Waals surface area (Å²) >= 11 is 1.39. The molecule has 0 atom stereocenters. The molecule has 0 aliphatic carbocycles. The zero-order valence-electron chi connectivity index (χ0n) is 12.2. The highest BCUT2D eigenvalue weighted by Gasteiger charge is 2.14. The summed E-state index contributed by atoms with van der Waals surface area (Å²) in [5.74, 6) is 0. The number of aryl methyl sites for hydroxylation is 1. The number of nitro benzene ring substituents is 1. The molecule has 23 heavy (non-hydrogen) atoms. The standard InChI is InChI=1S/C16H13N3O3S/c1-11-15(23-14-5-3-2-4-6-14)16(20)18(17-11)12-7-9-13(10-8-12)19(21)22/h2-10,17H,1H3. The van der Waals surface area contributed by atoms with Crippen LogP contribution in [-0.2, 0) is 0 Å². The maximum atomic E-state index is 12.6. The van der Waals surface area contributed by atoms with E-state index in [-0.39, 0.29) is 11.2 Å². The lowest BCUT2D eigenvalue weighted by Gasteiger charge is -2.00. The SMILES string of the molecule is Cc1[nH]n(-c2ccc([N+](=O)[O-])cc2)c(=O)c1Sc1ccccc1. The number of nitrogens with one attached hydrogen (secondary N) is 1. The molecule has 0 bridgehead atoms. The highest BCUT2D eigenvalue weighted by atomic mass is 32.2. The van der Waals surface area contributed by atoms with Crippen molar-refractivity contribution in [2.45, 2.75) is 16.7 Å². The Hall–Kier alpha value is -2.80. The van der Waals surface area contributed by atoms with Gasteiger partial charge in [0.2, 0.25) is 0 Å². The number of nitro groups is 1. The molecule has 0 amide bonds. The van der Waals surface area contributed by atoms with Crippen molar-refractivity contribution >= 4 is 17.4 Å². The first-order chi connectivity index (χ1) is 11.1. The van der Waals surface area contributed by atoms with Gasteiger partial charge in [-0.25, -0.2) is 4.68 Å². The van der Waals surface area contributed by atoms with Gasteiger partial charge in [-0.1, -0.05) is 30.0 Å². The van der Waals surface area contributed by atoms with Crippen molar-refractivity contribution in [2.24, 2.45) is 0 Å². The number of aromatic nitrogens is 2. The van der Waals surface area contributed by atoms with Crippen molar-refractivity contribution in [3.63, 3.8) is 0 Å². The summed E-state index contributed by atoms with van der Waals surface area (Å²) in [4.78, 5) is 24.4. The van der Waals surface area contributed by atoms with Crippen LogP contribution in [0.2, 0.25) is 0 Å². The van der Waals surface area contributed by atoms with Crippen LogP contribution in [-0.4, -0.2) is 14.7 Å². The van der Waals surface area contributed by atoms with Gasteiger partial charge in [-0.2, -0.15) is 0 Å². The fourth-order valence-electron chi connectivity index (χ4n) is 2.16. The molecule has 116 valence electrons. The van der Waals surface area contributed by atoms with Crippen molar-refractivity contribution in [1.82, 2.24) is 9.78 Å². The Labute approximate surface area is 135 Å². The number of nitrogens with zero attached hydrogens (tertiary/aromatic N) is 2. The molecule has 1 N–H and O–H groups in total. The molecule has 0 fully saturated rings. The van der Waals surface area contributed by atoms with Crippen LogP contribution < -0.4 is 5.56 Å². The minimum atomic E-state index is -0.469. The lowest BCUT2D eigenvalue weighted by atomic mass is 10.3. The summed E-state index contributed by atoms with van der Waals surface area (Å²) in [6.45, 7) is 1.83. The van der Waals surface area contributed by atoms with Gasteiger partial charge in [-0.05, 0) is 31.2 Å². The predicted octanol–water partition coefficient (Wildman–Crippen LogP) is 3.53. The predicted molar refractivity (Wildman–Crippen MR) is 88.3 cm³/mol. The molecule has 0 saturated carbocycles. The summed E-state index contributed by atoms with van der Waals surface area (Å²) in [5, 5.41) is 13.7. The van der Waals surface area contributed by atoms with Crippen molar-refractivity contribution in [2.75, 3.05) is 0 Å². The lowest BCUT2D eigenvalue weighted by molar-refractivity contribution is -0.384. The van der Waals surface area contributed by atoms with E-state index in [1.165, 1.54) is 28.6 Å². The van der Waals surface area contributed by atoms with Crippen LogP contribution in [0.5, 0.6) is 0 Å². The Morgan fingerprint density at radius 2 is 1.74 bits per heavy atom. The largest absolute Gasteiger partial charge is 0.294 e. The van der Waals surface area contributed by atoms with Crippen LogP contribution in [0.4, 0.5) is 5.69 Å². The first-order valence-electron chi connectivity index (χ1n) is 6.85. The van der Waals surface area contributed by atoms with Gasteiger partial charge < -0.3 is 0 Å². The fraction of sp³-hybridized carbons (Fsp3) is 0.0625. The molecular formula is C16H13N3O3S. The molecule has 0 aliphatic rings. The number of benzene rings is 2. The number of non-ortho nitro benzene ring substituents is 1. The summed E-state index contributed by atoms with van der Waals surface area (Å²) in [6.07, 6.45) is 0. The Morgan fingerprint density at radius 1 is 1.09 bits per heavy atom. The second kappa shape index (κ2) is 6.13. The highest BCUT2D eigenvalue weighted by Crippen LogP contribution is 2.27. The Morgan fingerprint density at radius 3 is 2.35 bits per heavy atom. The van der Waals surface area contributed by atoms with Crippen molar-refractivity contribution in [3.05, 3.63) is 80.8 Å². The van der Waals surface area contributed by atoms with E-state index in [0.29, 0.717) is 10.6 Å². The van der Waals surface area contributed by atoms with Crippen LogP contribution >= 0.6 is 11.8 Å². The van der Waals surface area contributed by atoms with Gasteiger partial charge in [-0.15, -0.1) is 0 Å². The van der Waals surface area contributed by atoms with Crippen LogP contribution in [0.3, 0.4) is 0 Å². The topological polar surface area (TPSA) is 80.9 Å². The first kappa shape index (κ1) is 15.1. The summed E-state index contributed by atoms with van der Waals surface area (Å²) in [6, 6.07) is 15.5. The maximum absolute atomic E-state index is 12.6. The third-order valence-corrected chi connectivity index (χ3v) is 4.49. The van der Waals surface area contributed by atoms with Crippen molar-refractivity contribution < 1.29 is 4.92 Å². The zero-order chi connectivity index (χ0) is 16.4. The second-order valence-corrected chi connectivity index (χ2v) is 5.98. The molecule has 7 heteroatoms. The lowest BCUT2D eigenvalue weighted by Crippen LogP contribution is -2.15. The molecule has 0 spiro atoms. The number of H-pyrrole nitrogens is 1. The third kappa shape index (κ3) is 3.04. The average molecular weight is 327 g/mol. The van der Waals surface area contributed by atoms with Crippen LogP contribution in [0.15, 0.2) is 69.2 Å². The molecule has 1 heterocycles. The van der Waals surface area contributed by atoms with E-state index in [1.54, 1.807) is 12.1 Å². The van der Waals surface area contributed by atoms with Gasteiger partial charge in [0.25, 0.3) is 11.2 Å².